The van der Waals surface area contributed by atoms with Crippen LogP contribution in [0.5, 0.6) is 0 Å². The highest BCUT2D eigenvalue weighted by Crippen LogP contribution is 2.29. The van der Waals surface area contributed by atoms with Gasteiger partial charge in [0.2, 0.25) is 10.0 Å². The molecule has 28 heavy (non-hydrogen) atoms. The van der Waals surface area contributed by atoms with E-state index in [0.29, 0.717) is 41.1 Å². The maximum atomic E-state index is 13.7. The van der Waals surface area contributed by atoms with Crippen LogP contribution in [0, 0.1) is 12.7 Å². The van der Waals surface area contributed by atoms with E-state index in [4.69, 9.17) is 16.7 Å². The van der Waals surface area contributed by atoms with Gasteiger partial charge in [-0.05, 0) is 48.6 Å². The van der Waals surface area contributed by atoms with Crippen LogP contribution in [0.3, 0.4) is 0 Å². The largest absolute Gasteiger partial charge is 0.338 e. The van der Waals surface area contributed by atoms with Crippen LogP contribution >= 0.6 is 11.6 Å². The van der Waals surface area contributed by atoms with Crippen molar-refractivity contribution < 1.29 is 17.6 Å². The summed E-state index contributed by atoms with van der Waals surface area (Å²) in [7, 11) is -3.50. The van der Waals surface area contributed by atoms with Gasteiger partial charge in [-0.1, -0.05) is 41.9 Å². The van der Waals surface area contributed by atoms with E-state index in [-0.39, 0.29) is 11.6 Å². The van der Waals surface area contributed by atoms with Gasteiger partial charge in [0.1, 0.15) is 5.82 Å². The van der Waals surface area contributed by atoms with Crippen LogP contribution < -0.4 is 15.8 Å². The Bertz CT molecular complexity index is 938. The number of primary sulfonamides is 1. The summed E-state index contributed by atoms with van der Waals surface area (Å²) in [4.78, 5) is 12.3. The zero-order chi connectivity index (χ0) is 20.7. The van der Waals surface area contributed by atoms with E-state index in [1.807, 2.05) is 0 Å². The van der Waals surface area contributed by atoms with Crippen molar-refractivity contribution in [2.45, 2.75) is 25.8 Å². The second kappa shape index (κ2) is 9.86. The molecule has 0 aliphatic heterocycles. The molecule has 0 spiro atoms. The van der Waals surface area contributed by atoms with Gasteiger partial charge in [0.25, 0.3) is 0 Å². The Morgan fingerprint density at radius 1 is 1.21 bits per heavy atom. The van der Waals surface area contributed by atoms with E-state index in [2.05, 4.69) is 10.6 Å². The summed E-state index contributed by atoms with van der Waals surface area (Å²) in [5.41, 5.74) is 1.83. The number of carbonyl (C=O) groups is 1. The third-order valence-electron chi connectivity index (χ3n) is 4.15. The molecule has 0 aliphatic carbocycles. The minimum atomic E-state index is -3.50. The van der Waals surface area contributed by atoms with Crippen molar-refractivity contribution in [2.75, 3.05) is 12.3 Å². The monoisotopic (exact) mass is 427 g/mol. The molecule has 0 saturated carbocycles. The lowest BCUT2D eigenvalue weighted by Gasteiger charge is -2.22. The maximum Gasteiger partial charge on any atom is 0.315 e. The van der Waals surface area contributed by atoms with Crippen LogP contribution in [-0.2, 0) is 10.0 Å². The lowest BCUT2D eigenvalue weighted by Crippen LogP contribution is -2.39. The molecular weight excluding hydrogens is 405 g/mol. The second-order valence-corrected chi connectivity index (χ2v) is 8.58. The van der Waals surface area contributed by atoms with Gasteiger partial charge in [-0.25, -0.2) is 22.7 Å². The zero-order valence-electron chi connectivity index (χ0n) is 15.4. The molecule has 9 heteroatoms. The Labute approximate surface area is 169 Å². The minimum Gasteiger partial charge on any atom is -0.338 e. The van der Waals surface area contributed by atoms with Crippen LogP contribution in [-0.4, -0.2) is 26.7 Å². The van der Waals surface area contributed by atoms with Crippen LogP contribution in [0.2, 0.25) is 5.02 Å². The molecule has 1 unspecified atom stereocenters. The van der Waals surface area contributed by atoms with Crippen molar-refractivity contribution in [3.8, 4) is 0 Å². The number of nitrogens with one attached hydrogen (secondary N) is 2. The molecule has 0 aliphatic rings. The fourth-order valence-electron chi connectivity index (χ4n) is 2.71. The quantitative estimate of drug-likeness (QED) is 0.563. The first kappa shape index (κ1) is 22.1. The van der Waals surface area contributed by atoms with Crippen molar-refractivity contribution in [2.24, 2.45) is 5.14 Å². The number of aryl methyl sites for hydroxylation is 1. The first-order chi connectivity index (χ1) is 13.2. The summed E-state index contributed by atoms with van der Waals surface area (Å²) in [6.45, 7) is 1.94. The lowest BCUT2D eigenvalue weighted by atomic mass is 9.97. The molecule has 0 heterocycles. The van der Waals surface area contributed by atoms with Crippen molar-refractivity contribution in [1.82, 2.24) is 10.6 Å². The number of halogens is 2. The molecule has 152 valence electrons. The minimum absolute atomic E-state index is 0.132. The summed E-state index contributed by atoms with van der Waals surface area (Å²) < 4.78 is 35.5. The molecular formula is C19H23ClFN3O3S. The molecule has 0 fully saturated rings. The van der Waals surface area contributed by atoms with E-state index < -0.39 is 22.1 Å². The number of benzene rings is 2. The number of sulfonamides is 1. The van der Waals surface area contributed by atoms with Crippen LogP contribution in [0.15, 0.2) is 42.5 Å². The van der Waals surface area contributed by atoms with Gasteiger partial charge in [0.15, 0.2) is 0 Å². The number of hydrogen-bond acceptors (Lipinski definition) is 3. The second-order valence-electron chi connectivity index (χ2n) is 6.44. The normalized spacial score (nSPS) is 12.4. The topological polar surface area (TPSA) is 101 Å². The summed E-state index contributed by atoms with van der Waals surface area (Å²) in [5, 5.41) is 10.9. The average molecular weight is 428 g/mol. The summed E-state index contributed by atoms with van der Waals surface area (Å²) in [6, 6.07) is 10.7. The fourth-order valence-corrected chi connectivity index (χ4v) is 3.56. The first-order valence-corrected chi connectivity index (χ1v) is 10.8. The predicted octanol–water partition coefficient (Wildman–Crippen LogP) is 3.24. The van der Waals surface area contributed by atoms with Gasteiger partial charge in [0, 0.05) is 11.6 Å². The first-order valence-electron chi connectivity index (χ1n) is 8.72. The van der Waals surface area contributed by atoms with Gasteiger partial charge >= 0.3 is 6.03 Å². The van der Waals surface area contributed by atoms with Crippen LogP contribution in [0.1, 0.15) is 35.6 Å². The van der Waals surface area contributed by atoms with E-state index in [1.54, 1.807) is 43.3 Å². The Morgan fingerprint density at radius 2 is 1.93 bits per heavy atom. The highest BCUT2D eigenvalue weighted by atomic mass is 35.5. The van der Waals surface area contributed by atoms with E-state index in [1.165, 1.54) is 6.07 Å². The predicted molar refractivity (Wildman–Crippen MR) is 108 cm³/mol. The van der Waals surface area contributed by atoms with Gasteiger partial charge in [0.05, 0.1) is 11.8 Å². The van der Waals surface area contributed by atoms with Crippen LogP contribution in [0.4, 0.5) is 9.18 Å². The number of hydrogen-bond donors (Lipinski definition) is 3. The Balaban J connectivity index is 2.09. The molecule has 2 rings (SSSR count). The number of carbonyl (C=O) groups excluding carboxylic acids is 1. The highest BCUT2D eigenvalue weighted by Gasteiger charge is 2.20. The van der Waals surface area contributed by atoms with E-state index >= 15 is 0 Å². The Hall–Kier alpha value is -2.16. The molecule has 1 atom stereocenters. The van der Waals surface area contributed by atoms with Gasteiger partial charge < -0.3 is 10.6 Å². The molecule has 2 aromatic rings. The Morgan fingerprint density at radius 3 is 2.57 bits per heavy atom. The average Bonchev–Trinajstić information content (AvgIpc) is 2.61. The summed E-state index contributed by atoms with van der Waals surface area (Å²) in [5.74, 6) is -0.464. The third-order valence-corrected chi connectivity index (χ3v) is 5.35. The third kappa shape index (κ3) is 6.78. The molecule has 2 amide bonds. The van der Waals surface area contributed by atoms with Crippen molar-refractivity contribution >= 4 is 27.7 Å². The van der Waals surface area contributed by atoms with Gasteiger partial charge in [-0.2, -0.15) is 0 Å². The van der Waals surface area contributed by atoms with E-state index in [0.717, 1.165) is 0 Å². The SMILES string of the molecule is Cc1cc(C(NC(=O)NCCCCS(N)(=O)=O)c2ccccc2Cl)ccc1F. The molecule has 6 nitrogen and oxygen atoms in total. The Kier molecular flexibility index (Phi) is 7.79. The van der Waals surface area contributed by atoms with Gasteiger partial charge in [-0.3, -0.25) is 0 Å². The number of unbranched alkanes of at least 4 members (excludes halogenated alkanes) is 1. The number of nitrogens with two attached hydrogens (primary N) is 1. The summed E-state index contributed by atoms with van der Waals surface area (Å²) >= 11 is 6.30. The number of rotatable bonds is 8. The molecule has 4 N–H and O–H groups in total. The van der Waals surface area contributed by atoms with Crippen molar-refractivity contribution in [3.63, 3.8) is 0 Å². The molecule has 0 saturated heterocycles. The van der Waals surface area contributed by atoms with Gasteiger partial charge in [-0.15, -0.1) is 0 Å². The smallest absolute Gasteiger partial charge is 0.315 e. The standard InChI is InChI=1S/C19H23ClFN3O3S/c1-13-12-14(8-9-17(13)21)18(15-6-2-3-7-16(15)20)24-19(25)23-10-4-5-11-28(22,26)27/h2-3,6-9,12,18H,4-5,10-11H2,1H3,(H2,22,26,27)(H2,23,24,25). The highest BCUT2D eigenvalue weighted by molar-refractivity contribution is 7.89. The molecule has 0 radical (unpaired) electrons. The number of amides is 2. The van der Waals surface area contributed by atoms with Crippen LogP contribution in [0.25, 0.3) is 0 Å². The summed E-state index contributed by atoms with van der Waals surface area (Å²) in [6.07, 6.45) is 0.820. The molecule has 2 aromatic carbocycles. The lowest BCUT2D eigenvalue weighted by molar-refractivity contribution is 0.238. The van der Waals surface area contributed by atoms with Crippen molar-refractivity contribution in [1.29, 1.82) is 0 Å². The molecule has 0 bridgehead atoms. The van der Waals surface area contributed by atoms with Crippen molar-refractivity contribution in [3.05, 3.63) is 70.0 Å². The maximum absolute atomic E-state index is 13.7. The van der Waals surface area contributed by atoms with E-state index in [9.17, 15) is 17.6 Å². The fraction of sp³-hybridized carbons (Fsp3) is 0.316. The zero-order valence-corrected chi connectivity index (χ0v) is 17.0. The molecule has 0 aromatic heterocycles. The number of urea groups is 1.